The third-order valence-electron chi connectivity index (χ3n) is 5.60. The molecule has 0 spiro atoms. The molecule has 4 rings (SSSR count). The standard InChI is InChI=1S/C27H23Cl3N4O4/c28-20-5-3-17(4-6-20)7-11-38-26-21(27(37)34(9-10-35)16-18-2-1-8-31-15-18)14-24(32-33-26)19-12-22(29)25(36)23(30)13-19/h1-6,8,12-15,35-36H,7,9-11,16H2. The van der Waals surface area contributed by atoms with Crippen LogP contribution in [0.5, 0.6) is 11.6 Å². The highest BCUT2D eigenvalue weighted by Gasteiger charge is 2.23. The Bertz CT molecular complexity index is 1380. The molecule has 0 saturated carbocycles. The van der Waals surface area contributed by atoms with Crippen molar-refractivity contribution < 1.29 is 19.7 Å². The summed E-state index contributed by atoms with van der Waals surface area (Å²) in [4.78, 5) is 19.3. The zero-order valence-electron chi connectivity index (χ0n) is 20.0. The van der Waals surface area contributed by atoms with Gasteiger partial charge < -0.3 is 19.8 Å². The number of phenols is 1. The van der Waals surface area contributed by atoms with Crippen molar-refractivity contribution in [1.29, 1.82) is 0 Å². The van der Waals surface area contributed by atoms with E-state index in [-0.39, 0.29) is 53.5 Å². The number of benzene rings is 2. The number of nitrogens with zero attached hydrogens (tertiary/aromatic N) is 4. The SMILES string of the molecule is O=C(c1cc(-c2cc(Cl)c(O)c(Cl)c2)nnc1OCCc1ccc(Cl)cc1)N(CCO)Cc1cccnc1. The van der Waals surface area contributed by atoms with Crippen molar-refractivity contribution in [1.82, 2.24) is 20.1 Å². The predicted molar refractivity (Wildman–Crippen MR) is 146 cm³/mol. The van der Waals surface area contributed by atoms with Gasteiger partial charge in [0.1, 0.15) is 5.56 Å². The van der Waals surface area contributed by atoms with E-state index in [0.717, 1.165) is 11.1 Å². The molecule has 0 unspecified atom stereocenters. The normalized spacial score (nSPS) is 10.8. The summed E-state index contributed by atoms with van der Waals surface area (Å²) >= 11 is 18.2. The number of halogens is 3. The Labute approximate surface area is 234 Å². The van der Waals surface area contributed by atoms with Crippen molar-refractivity contribution in [3.05, 3.63) is 98.7 Å². The summed E-state index contributed by atoms with van der Waals surface area (Å²) in [5.41, 5.74) is 2.68. The monoisotopic (exact) mass is 572 g/mol. The van der Waals surface area contributed by atoms with Gasteiger partial charge in [-0.05, 0) is 47.5 Å². The van der Waals surface area contributed by atoms with E-state index >= 15 is 0 Å². The third kappa shape index (κ3) is 6.90. The molecule has 38 heavy (non-hydrogen) atoms. The molecule has 0 aliphatic carbocycles. The van der Waals surface area contributed by atoms with Gasteiger partial charge in [-0.2, -0.15) is 0 Å². The molecule has 0 radical (unpaired) electrons. The molecular formula is C27H23Cl3N4O4. The van der Waals surface area contributed by atoms with Gasteiger partial charge in [-0.15, -0.1) is 10.2 Å². The largest absolute Gasteiger partial charge is 0.505 e. The van der Waals surface area contributed by atoms with Gasteiger partial charge >= 0.3 is 0 Å². The number of aliphatic hydroxyl groups is 1. The van der Waals surface area contributed by atoms with Gasteiger partial charge in [-0.3, -0.25) is 9.78 Å². The fourth-order valence-electron chi connectivity index (χ4n) is 3.67. The van der Waals surface area contributed by atoms with Crippen LogP contribution in [0.3, 0.4) is 0 Å². The van der Waals surface area contributed by atoms with Crippen molar-refractivity contribution in [2.75, 3.05) is 19.8 Å². The first-order chi connectivity index (χ1) is 18.4. The van der Waals surface area contributed by atoms with Gasteiger partial charge in [0.2, 0.25) is 5.88 Å². The van der Waals surface area contributed by atoms with Crippen LogP contribution in [-0.4, -0.2) is 56.0 Å². The molecule has 2 aromatic heterocycles. The Kier molecular flexibility index (Phi) is 9.36. The quantitative estimate of drug-likeness (QED) is 0.259. The minimum absolute atomic E-state index is 0.0314. The summed E-state index contributed by atoms with van der Waals surface area (Å²) in [5, 5.41) is 28.7. The number of hydrogen-bond acceptors (Lipinski definition) is 7. The highest BCUT2D eigenvalue weighted by Crippen LogP contribution is 2.36. The van der Waals surface area contributed by atoms with Crippen LogP contribution in [0.4, 0.5) is 0 Å². The van der Waals surface area contributed by atoms with Crippen molar-refractivity contribution >= 4 is 40.7 Å². The maximum atomic E-state index is 13.7. The van der Waals surface area contributed by atoms with Gasteiger partial charge in [0.05, 0.1) is 29.0 Å². The van der Waals surface area contributed by atoms with Gasteiger partial charge in [0.15, 0.2) is 5.75 Å². The molecule has 11 heteroatoms. The first-order valence-electron chi connectivity index (χ1n) is 11.6. The molecule has 8 nitrogen and oxygen atoms in total. The lowest BCUT2D eigenvalue weighted by Gasteiger charge is -2.23. The number of aromatic nitrogens is 3. The summed E-state index contributed by atoms with van der Waals surface area (Å²) in [6.45, 7) is 0.279. The molecular weight excluding hydrogens is 551 g/mol. The van der Waals surface area contributed by atoms with Crippen molar-refractivity contribution in [2.24, 2.45) is 0 Å². The van der Waals surface area contributed by atoms with Crippen LogP contribution in [0, 0.1) is 0 Å². The van der Waals surface area contributed by atoms with Crippen LogP contribution in [-0.2, 0) is 13.0 Å². The van der Waals surface area contributed by atoms with E-state index in [9.17, 15) is 15.0 Å². The topological polar surface area (TPSA) is 109 Å². The Morgan fingerprint density at radius 2 is 1.71 bits per heavy atom. The lowest BCUT2D eigenvalue weighted by atomic mass is 10.1. The number of phenolic OH excluding ortho intramolecular Hbond substituents is 1. The molecule has 0 aliphatic rings. The van der Waals surface area contributed by atoms with Crippen LogP contribution in [0.2, 0.25) is 15.1 Å². The highest BCUT2D eigenvalue weighted by molar-refractivity contribution is 6.37. The Hall–Kier alpha value is -3.43. The summed E-state index contributed by atoms with van der Waals surface area (Å²) in [6.07, 6.45) is 3.84. The Balaban J connectivity index is 1.67. The molecule has 0 bridgehead atoms. The van der Waals surface area contributed by atoms with Crippen LogP contribution in [0.1, 0.15) is 21.5 Å². The van der Waals surface area contributed by atoms with Gasteiger partial charge in [-0.25, -0.2) is 0 Å². The van der Waals surface area contributed by atoms with E-state index < -0.39 is 5.91 Å². The van der Waals surface area contributed by atoms with E-state index in [0.29, 0.717) is 22.7 Å². The highest BCUT2D eigenvalue weighted by atomic mass is 35.5. The van der Waals surface area contributed by atoms with Crippen LogP contribution in [0.15, 0.2) is 67.0 Å². The number of aromatic hydroxyl groups is 1. The molecule has 196 valence electrons. The summed E-state index contributed by atoms with van der Waals surface area (Å²) in [6, 6.07) is 15.5. The van der Waals surface area contributed by atoms with Crippen LogP contribution >= 0.6 is 34.8 Å². The number of carbonyl (C=O) groups excluding carboxylic acids is 1. The molecule has 4 aromatic rings. The van der Waals surface area contributed by atoms with Gasteiger partial charge in [0, 0.05) is 42.5 Å². The minimum atomic E-state index is -0.420. The fourth-order valence-corrected chi connectivity index (χ4v) is 4.28. The van der Waals surface area contributed by atoms with E-state index in [1.807, 2.05) is 18.2 Å². The van der Waals surface area contributed by atoms with E-state index in [2.05, 4.69) is 15.2 Å². The molecule has 0 saturated heterocycles. The predicted octanol–water partition coefficient (Wildman–Crippen LogP) is 5.46. The second-order valence-electron chi connectivity index (χ2n) is 8.27. The zero-order valence-corrected chi connectivity index (χ0v) is 22.3. The number of ether oxygens (including phenoxy) is 1. The molecule has 0 fully saturated rings. The number of hydrogen-bond donors (Lipinski definition) is 2. The molecule has 0 aliphatic heterocycles. The lowest BCUT2D eigenvalue weighted by Crippen LogP contribution is -2.33. The maximum Gasteiger partial charge on any atom is 0.259 e. The van der Waals surface area contributed by atoms with Gasteiger partial charge in [-0.1, -0.05) is 53.0 Å². The summed E-state index contributed by atoms with van der Waals surface area (Å²) in [5.74, 6) is -0.636. The first-order valence-corrected chi connectivity index (χ1v) is 12.7. The molecule has 2 N–H and O–H groups in total. The summed E-state index contributed by atoms with van der Waals surface area (Å²) in [7, 11) is 0. The minimum Gasteiger partial charge on any atom is -0.505 e. The number of rotatable bonds is 10. The number of amides is 1. The van der Waals surface area contributed by atoms with E-state index in [1.54, 1.807) is 30.6 Å². The molecule has 2 heterocycles. The van der Waals surface area contributed by atoms with Crippen molar-refractivity contribution in [3.8, 4) is 22.9 Å². The maximum absolute atomic E-state index is 13.7. The van der Waals surface area contributed by atoms with Gasteiger partial charge in [0.25, 0.3) is 5.91 Å². The van der Waals surface area contributed by atoms with Crippen LogP contribution in [0.25, 0.3) is 11.3 Å². The van der Waals surface area contributed by atoms with Crippen molar-refractivity contribution in [3.63, 3.8) is 0 Å². The molecule has 2 aromatic carbocycles. The van der Waals surface area contributed by atoms with Crippen LogP contribution < -0.4 is 4.74 Å². The third-order valence-corrected chi connectivity index (χ3v) is 6.43. The molecule has 1 amide bonds. The molecule has 0 atom stereocenters. The second kappa shape index (κ2) is 12.9. The summed E-state index contributed by atoms with van der Waals surface area (Å²) < 4.78 is 5.91. The van der Waals surface area contributed by atoms with E-state index in [1.165, 1.54) is 23.1 Å². The fraction of sp³-hybridized carbons (Fsp3) is 0.185. The second-order valence-corrected chi connectivity index (χ2v) is 9.52. The average molecular weight is 574 g/mol. The van der Waals surface area contributed by atoms with E-state index in [4.69, 9.17) is 39.5 Å². The first kappa shape index (κ1) is 27.6. The zero-order chi connectivity index (χ0) is 27.1. The number of pyridine rings is 1. The lowest BCUT2D eigenvalue weighted by molar-refractivity contribution is 0.0702. The average Bonchev–Trinajstić information content (AvgIpc) is 2.92. The number of carbonyl (C=O) groups is 1. The number of aliphatic hydroxyl groups excluding tert-OH is 1. The Morgan fingerprint density at radius 1 is 0.974 bits per heavy atom. The van der Waals surface area contributed by atoms with Crippen molar-refractivity contribution in [2.45, 2.75) is 13.0 Å². The Morgan fingerprint density at radius 3 is 2.37 bits per heavy atom. The smallest absolute Gasteiger partial charge is 0.259 e.